The summed E-state index contributed by atoms with van der Waals surface area (Å²) in [6.45, 7) is 0. The minimum absolute atomic E-state index is 0.452. The maximum atomic E-state index is 12.9. The van der Waals surface area contributed by atoms with Crippen molar-refractivity contribution in [1.29, 1.82) is 0 Å². The van der Waals surface area contributed by atoms with Crippen LogP contribution in [0.2, 0.25) is 5.02 Å². The molecule has 0 aliphatic rings. The van der Waals surface area contributed by atoms with E-state index in [1.54, 1.807) is 24.3 Å². The summed E-state index contributed by atoms with van der Waals surface area (Å²) < 4.78 is 25.6. The SMILES string of the molecule is Fc1ccc(C=NNc2ccccc2Cl)cc1F. The molecule has 0 unspecified atom stereocenters. The third-order valence-corrected chi connectivity index (χ3v) is 2.55. The predicted octanol–water partition coefficient (Wildman–Crippen LogP) is 4.06. The lowest BCUT2D eigenvalue weighted by atomic mass is 10.2. The van der Waals surface area contributed by atoms with E-state index in [-0.39, 0.29) is 0 Å². The van der Waals surface area contributed by atoms with Crippen molar-refractivity contribution in [3.05, 3.63) is 64.7 Å². The maximum absolute atomic E-state index is 12.9. The molecule has 0 fully saturated rings. The molecule has 0 aromatic heterocycles. The Morgan fingerprint density at radius 1 is 1.06 bits per heavy atom. The van der Waals surface area contributed by atoms with Gasteiger partial charge in [-0.1, -0.05) is 29.8 Å². The average Bonchev–Trinajstić information content (AvgIpc) is 2.36. The van der Waals surface area contributed by atoms with Gasteiger partial charge in [-0.3, -0.25) is 5.43 Å². The van der Waals surface area contributed by atoms with Gasteiger partial charge in [-0.15, -0.1) is 0 Å². The van der Waals surface area contributed by atoms with E-state index in [0.29, 0.717) is 16.3 Å². The molecule has 0 amide bonds. The van der Waals surface area contributed by atoms with Crippen molar-refractivity contribution in [2.45, 2.75) is 0 Å². The van der Waals surface area contributed by atoms with Gasteiger partial charge in [0.1, 0.15) is 0 Å². The van der Waals surface area contributed by atoms with E-state index in [1.165, 1.54) is 12.3 Å². The molecular weight excluding hydrogens is 258 g/mol. The summed E-state index contributed by atoms with van der Waals surface area (Å²) in [4.78, 5) is 0. The summed E-state index contributed by atoms with van der Waals surface area (Å²) in [6.07, 6.45) is 1.38. The third-order valence-electron chi connectivity index (χ3n) is 2.22. The highest BCUT2D eigenvalue weighted by Crippen LogP contribution is 2.20. The van der Waals surface area contributed by atoms with Gasteiger partial charge in [0.15, 0.2) is 11.6 Å². The first kappa shape index (κ1) is 12.5. The molecule has 92 valence electrons. The van der Waals surface area contributed by atoms with E-state index in [0.717, 1.165) is 12.1 Å². The molecular formula is C13H9ClF2N2. The molecule has 5 heteroatoms. The number of anilines is 1. The summed E-state index contributed by atoms with van der Waals surface area (Å²) in [5, 5.41) is 4.42. The zero-order chi connectivity index (χ0) is 13.0. The van der Waals surface area contributed by atoms with Crippen LogP contribution in [0.4, 0.5) is 14.5 Å². The third kappa shape index (κ3) is 3.05. The number of hydrazone groups is 1. The largest absolute Gasteiger partial charge is 0.277 e. The Bertz CT molecular complexity index is 585. The van der Waals surface area contributed by atoms with E-state index in [9.17, 15) is 8.78 Å². The average molecular weight is 267 g/mol. The van der Waals surface area contributed by atoms with E-state index in [1.807, 2.05) is 0 Å². The van der Waals surface area contributed by atoms with Crippen molar-refractivity contribution in [1.82, 2.24) is 0 Å². The Labute approximate surface area is 108 Å². The van der Waals surface area contributed by atoms with Crippen LogP contribution in [-0.4, -0.2) is 6.21 Å². The Balaban J connectivity index is 2.08. The summed E-state index contributed by atoms with van der Waals surface area (Å²) in [5.74, 6) is -1.79. The molecule has 0 radical (unpaired) electrons. The van der Waals surface area contributed by atoms with Gasteiger partial charge in [-0.25, -0.2) is 8.78 Å². The smallest absolute Gasteiger partial charge is 0.159 e. The first-order valence-electron chi connectivity index (χ1n) is 5.15. The second kappa shape index (κ2) is 5.60. The molecule has 0 bridgehead atoms. The standard InChI is InChI=1S/C13H9ClF2N2/c14-10-3-1-2-4-13(10)18-17-8-9-5-6-11(15)12(16)7-9/h1-8,18H. The molecule has 2 aromatic rings. The molecule has 0 saturated carbocycles. The van der Waals surface area contributed by atoms with Gasteiger partial charge in [-0.2, -0.15) is 5.10 Å². The molecule has 0 aliphatic heterocycles. The fraction of sp³-hybridized carbons (Fsp3) is 0. The number of benzene rings is 2. The Hall–Kier alpha value is -1.94. The van der Waals surface area contributed by atoms with Gasteiger partial charge in [-0.05, 0) is 29.8 Å². The second-order valence-electron chi connectivity index (χ2n) is 3.52. The van der Waals surface area contributed by atoms with Crippen molar-refractivity contribution in [2.75, 3.05) is 5.43 Å². The molecule has 2 rings (SSSR count). The highest BCUT2D eigenvalue weighted by molar-refractivity contribution is 6.33. The zero-order valence-electron chi connectivity index (χ0n) is 9.20. The number of para-hydroxylation sites is 1. The predicted molar refractivity (Wildman–Crippen MR) is 69.0 cm³/mol. The second-order valence-corrected chi connectivity index (χ2v) is 3.93. The lowest BCUT2D eigenvalue weighted by Gasteiger charge is -2.01. The normalized spacial score (nSPS) is 10.8. The molecule has 0 atom stereocenters. The van der Waals surface area contributed by atoms with Gasteiger partial charge in [0.05, 0.1) is 16.9 Å². The Kier molecular flexibility index (Phi) is 3.89. The van der Waals surface area contributed by atoms with E-state index >= 15 is 0 Å². The number of hydrogen-bond donors (Lipinski definition) is 1. The number of nitrogens with zero attached hydrogens (tertiary/aromatic N) is 1. The quantitative estimate of drug-likeness (QED) is 0.657. The summed E-state index contributed by atoms with van der Waals surface area (Å²) in [5.41, 5.74) is 3.81. The number of halogens is 3. The summed E-state index contributed by atoms with van der Waals surface area (Å²) >= 11 is 5.91. The molecule has 2 nitrogen and oxygen atoms in total. The lowest BCUT2D eigenvalue weighted by molar-refractivity contribution is 0.508. The van der Waals surface area contributed by atoms with Crippen molar-refractivity contribution in [3.63, 3.8) is 0 Å². The van der Waals surface area contributed by atoms with Gasteiger partial charge < -0.3 is 0 Å². The fourth-order valence-corrected chi connectivity index (χ4v) is 1.50. The van der Waals surface area contributed by atoms with Crippen LogP contribution in [0.15, 0.2) is 47.6 Å². The Morgan fingerprint density at radius 2 is 1.83 bits per heavy atom. The van der Waals surface area contributed by atoms with Crippen LogP contribution in [0.3, 0.4) is 0 Å². The number of hydrogen-bond acceptors (Lipinski definition) is 2. The van der Waals surface area contributed by atoms with E-state index in [4.69, 9.17) is 11.6 Å². The summed E-state index contributed by atoms with van der Waals surface area (Å²) in [6, 6.07) is 10.6. The minimum Gasteiger partial charge on any atom is -0.277 e. The molecule has 0 saturated heterocycles. The number of rotatable bonds is 3. The van der Waals surface area contributed by atoms with Gasteiger partial charge in [0.2, 0.25) is 0 Å². The topological polar surface area (TPSA) is 24.4 Å². The molecule has 2 aromatic carbocycles. The van der Waals surface area contributed by atoms with Crippen LogP contribution in [-0.2, 0) is 0 Å². The van der Waals surface area contributed by atoms with Crippen molar-refractivity contribution in [3.8, 4) is 0 Å². The van der Waals surface area contributed by atoms with Crippen LogP contribution >= 0.6 is 11.6 Å². The van der Waals surface area contributed by atoms with Crippen molar-refractivity contribution in [2.24, 2.45) is 5.10 Å². The van der Waals surface area contributed by atoms with Crippen LogP contribution in [0.1, 0.15) is 5.56 Å². The van der Waals surface area contributed by atoms with Crippen LogP contribution in [0.25, 0.3) is 0 Å². The number of nitrogens with one attached hydrogen (secondary N) is 1. The minimum atomic E-state index is -0.906. The van der Waals surface area contributed by atoms with Crippen molar-refractivity contribution >= 4 is 23.5 Å². The maximum Gasteiger partial charge on any atom is 0.159 e. The fourth-order valence-electron chi connectivity index (χ4n) is 1.32. The van der Waals surface area contributed by atoms with Gasteiger partial charge >= 0.3 is 0 Å². The van der Waals surface area contributed by atoms with Crippen LogP contribution in [0, 0.1) is 11.6 Å². The highest BCUT2D eigenvalue weighted by atomic mass is 35.5. The monoisotopic (exact) mass is 266 g/mol. The van der Waals surface area contributed by atoms with E-state index < -0.39 is 11.6 Å². The van der Waals surface area contributed by atoms with Gasteiger partial charge in [0, 0.05) is 0 Å². The molecule has 0 spiro atoms. The molecule has 0 heterocycles. The highest BCUT2D eigenvalue weighted by Gasteiger charge is 2.00. The summed E-state index contributed by atoms with van der Waals surface area (Å²) in [7, 11) is 0. The molecule has 1 N–H and O–H groups in total. The van der Waals surface area contributed by atoms with Crippen LogP contribution < -0.4 is 5.43 Å². The molecule has 0 aliphatic carbocycles. The van der Waals surface area contributed by atoms with Gasteiger partial charge in [0.25, 0.3) is 0 Å². The first-order valence-corrected chi connectivity index (χ1v) is 5.53. The van der Waals surface area contributed by atoms with Crippen molar-refractivity contribution < 1.29 is 8.78 Å². The Morgan fingerprint density at radius 3 is 2.56 bits per heavy atom. The lowest BCUT2D eigenvalue weighted by Crippen LogP contribution is -1.92. The zero-order valence-corrected chi connectivity index (χ0v) is 9.96. The first-order chi connectivity index (χ1) is 8.66. The van der Waals surface area contributed by atoms with E-state index in [2.05, 4.69) is 10.5 Å². The van der Waals surface area contributed by atoms with Crippen LogP contribution in [0.5, 0.6) is 0 Å². The molecule has 18 heavy (non-hydrogen) atoms.